The zero-order valence-electron chi connectivity index (χ0n) is 13.8. The number of urea groups is 1. The first kappa shape index (κ1) is 16.9. The number of nitrogens with one attached hydrogen (secondary N) is 3. The highest BCUT2D eigenvalue weighted by Crippen LogP contribution is 2.21. The lowest BCUT2D eigenvalue weighted by molar-refractivity contribution is 0.111. The molecule has 0 unspecified atom stereocenters. The van der Waals surface area contributed by atoms with Crippen LogP contribution in [-0.4, -0.2) is 30.4 Å². The van der Waals surface area contributed by atoms with Crippen LogP contribution in [0.4, 0.5) is 16.3 Å². The normalized spacial score (nSPS) is 18.2. The fourth-order valence-electron chi connectivity index (χ4n) is 2.76. The molecule has 2 aromatic rings. The molecule has 5 N–H and O–H groups in total. The highest BCUT2D eigenvalue weighted by molar-refractivity contribution is 5.92. The van der Waals surface area contributed by atoms with E-state index in [1.54, 1.807) is 6.07 Å². The smallest absolute Gasteiger partial charge is 0.320 e. The van der Waals surface area contributed by atoms with E-state index in [0.717, 1.165) is 12.0 Å². The third-order valence-electron chi connectivity index (χ3n) is 4.06. The van der Waals surface area contributed by atoms with Gasteiger partial charge in [-0.15, -0.1) is 0 Å². The first-order chi connectivity index (χ1) is 12.2. The van der Waals surface area contributed by atoms with Gasteiger partial charge in [-0.05, 0) is 24.5 Å². The van der Waals surface area contributed by atoms with Crippen LogP contribution in [0.15, 0.2) is 36.4 Å². The molecule has 1 atom stereocenters. The van der Waals surface area contributed by atoms with Crippen molar-refractivity contribution >= 4 is 23.8 Å². The number of aromatic nitrogens is 1. The summed E-state index contributed by atoms with van der Waals surface area (Å²) in [5.41, 5.74) is 8.69. The number of fused-ring (bicyclic) bond motifs is 2. The van der Waals surface area contributed by atoms with Gasteiger partial charge in [-0.3, -0.25) is 5.32 Å². The van der Waals surface area contributed by atoms with Crippen LogP contribution in [-0.2, 0) is 11.2 Å². The fraction of sp³-hybridized carbons (Fsp3) is 0.278. The predicted octanol–water partition coefficient (Wildman–Crippen LogP) is 2.49. The summed E-state index contributed by atoms with van der Waals surface area (Å²) in [6.07, 6.45) is 2.55. The number of hydrogen-bond donors (Lipinski definition) is 4. The minimum Gasteiger partial charge on any atom is -0.397 e. The van der Waals surface area contributed by atoms with Crippen molar-refractivity contribution in [1.29, 1.82) is 5.41 Å². The molecule has 3 rings (SSSR count). The predicted molar refractivity (Wildman–Crippen MR) is 97.0 cm³/mol. The molecule has 130 valence electrons. The summed E-state index contributed by atoms with van der Waals surface area (Å²) < 4.78 is 5.73. The molecule has 7 nitrogen and oxygen atoms in total. The number of nitrogens with two attached hydrogens (primary N) is 1. The monoisotopic (exact) mass is 339 g/mol. The number of hydrogen-bond acceptors (Lipinski definition) is 5. The number of ether oxygens (including phenoxy) is 1. The highest BCUT2D eigenvalue weighted by atomic mass is 16.5. The lowest BCUT2D eigenvalue weighted by Gasteiger charge is -2.21. The maximum Gasteiger partial charge on any atom is 0.320 e. The van der Waals surface area contributed by atoms with E-state index in [0.29, 0.717) is 42.4 Å². The third-order valence-corrected chi connectivity index (χ3v) is 4.06. The summed E-state index contributed by atoms with van der Waals surface area (Å²) in [4.78, 5) is 16.8. The summed E-state index contributed by atoms with van der Waals surface area (Å²) in [6, 6.07) is 10.7. The number of rotatable bonds is 2. The topological polar surface area (TPSA) is 113 Å². The van der Waals surface area contributed by atoms with E-state index in [-0.39, 0.29) is 12.1 Å². The van der Waals surface area contributed by atoms with E-state index in [2.05, 4.69) is 15.6 Å². The van der Waals surface area contributed by atoms with Crippen molar-refractivity contribution in [3.05, 3.63) is 53.2 Å². The molecule has 0 saturated heterocycles. The Morgan fingerprint density at radius 3 is 2.88 bits per heavy atom. The molecule has 2 heterocycles. The number of anilines is 2. The van der Waals surface area contributed by atoms with Gasteiger partial charge in [0.1, 0.15) is 5.82 Å². The Balaban J connectivity index is 1.87. The first-order valence-corrected chi connectivity index (χ1v) is 8.17. The summed E-state index contributed by atoms with van der Waals surface area (Å²) in [5, 5.41) is 13.1. The van der Waals surface area contributed by atoms with Crippen LogP contribution >= 0.6 is 0 Å². The van der Waals surface area contributed by atoms with Crippen LogP contribution in [0.5, 0.6) is 0 Å². The van der Waals surface area contributed by atoms with E-state index in [4.69, 9.17) is 15.9 Å². The van der Waals surface area contributed by atoms with E-state index in [1.807, 2.05) is 30.3 Å². The van der Waals surface area contributed by atoms with E-state index in [9.17, 15) is 4.79 Å². The standard InChI is InChI=1S/C18H21N5O2/c19-10-13-9-16-21-14(17(13)20)7-4-8-25-11-15(22-18(24)23-16)12-5-2-1-3-6-12/h1-3,5-6,9-10,15,19H,4,7-8,11,20H2,(H2,21,22,23,24)/t15-/m1/s1. The molecule has 2 bridgehead atoms. The first-order valence-electron chi connectivity index (χ1n) is 8.17. The van der Waals surface area contributed by atoms with Gasteiger partial charge in [-0.1, -0.05) is 30.3 Å². The molecule has 0 radical (unpaired) electrons. The van der Waals surface area contributed by atoms with Crippen molar-refractivity contribution in [3.63, 3.8) is 0 Å². The number of carbonyl (C=O) groups is 1. The minimum atomic E-state index is -0.378. The number of carbonyl (C=O) groups excluding carboxylic acids is 1. The molecule has 1 aliphatic rings. The highest BCUT2D eigenvalue weighted by Gasteiger charge is 2.17. The molecule has 25 heavy (non-hydrogen) atoms. The van der Waals surface area contributed by atoms with E-state index >= 15 is 0 Å². The Kier molecular flexibility index (Phi) is 5.25. The molecule has 0 spiro atoms. The van der Waals surface area contributed by atoms with Crippen LogP contribution in [0.25, 0.3) is 0 Å². The third kappa shape index (κ3) is 4.13. The fourth-order valence-corrected chi connectivity index (χ4v) is 2.76. The molecule has 1 aromatic heterocycles. The summed E-state index contributed by atoms with van der Waals surface area (Å²) in [5.74, 6) is 0.383. The van der Waals surface area contributed by atoms with E-state index < -0.39 is 0 Å². The lowest BCUT2D eigenvalue weighted by Crippen LogP contribution is -2.35. The molecule has 1 aromatic carbocycles. The van der Waals surface area contributed by atoms with Crippen LogP contribution in [0.1, 0.15) is 29.3 Å². The maximum atomic E-state index is 12.4. The molecule has 0 saturated carbocycles. The van der Waals surface area contributed by atoms with Gasteiger partial charge >= 0.3 is 6.03 Å². The van der Waals surface area contributed by atoms with Crippen molar-refractivity contribution in [2.75, 3.05) is 24.3 Å². The van der Waals surface area contributed by atoms with Crippen LogP contribution < -0.4 is 16.4 Å². The Morgan fingerprint density at radius 2 is 2.12 bits per heavy atom. The number of aryl methyl sites for hydroxylation is 1. The summed E-state index contributed by atoms with van der Waals surface area (Å²) >= 11 is 0. The number of benzene rings is 1. The Hall–Kier alpha value is -2.93. The Labute approximate surface area is 146 Å². The van der Waals surface area contributed by atoms with Gasteiger partial charge in [0.05, 0.1) is 24.0 Å². The van der Waals surface area contributed by atoms with Crippen molar-refractivity contribution in [2.45, 2.75) is 18.9 Å². The van der Waals surface area contributed by atoms with Gasteiger partial charge in [0.25, 0.3) is 0 Å². The largest absolute Gasteiger partial charge is 0.397 e. The second-order valence-corrected chi connectivity index (χ2v) is 5.84. The molecular weight excluding hydrogens is 318 g/mol. The van der Waals surface area contributed by atoms with Gasteiger partial charge in [-0.2, -0.15) is 0 Å². The van der Waals surface area contributed by atoms with Crippen molar-refractivity contribution in [3.8, 4) is 0 Å². The van der Waals surface area contributed by atoms with Crippen molar-refractivity contribution in [2.24, 2.45) is 0 Å². The molecule has 7 heteroatoms. The Morgan fingerprint density at radius 1 is 1.32 bits per heavy atom. The number of nitrogens with zero attached hydrogens (tertiary/aromatic N) is 1. The van der Waals surface area contributed by atoms with Crippen molar-refractivity contribution in [1.82, 2.24) is 10.3 Å². The Bertz CT molecular complexity index is 764. The number of pyridine rings is 1. The zero-order valence-corrected chi connectivity index (χ0v) is 13.8. The molecule has 1 aliphatic heterocycles. The van der Waals surface area contributed by atoms with Gasteiger partial charge in [0, 0.05) is 18.4 Å². The van der Waals surface area contributed by atoms with E-state index in [1.165, 1.54) is 6.21 Å². The second-order valence-electron chi connectivity index (χ2n) is 5.84. The SMILES string of the molecule is N=Cc1cc2nc(c1N)CCCOC[C@H](c1ccccc1)NC(=O)N2. The number of amides is 2. The van der Waals surface area contributed by atoms with Crippen molar-refractivity contribution < 1.29 is 9.53 Å². The summed E-state index contributed by atoms with van der Waals surface area (Å²) in [6.45, 7) is 0.929. The van der Waals surface area contributed by atoms with Gasteiger partial charge < -0.3 is 21.2 Å². The summed E-state index contributed by atoms with van der Waals surface area (Å²) in [7, 11) is 0. The molecule has 0 fully saturated rings. The van der Waals surface area contributed by atoms with Gasteiger partial charge in [0.15, 0.2) is 0 Å². The molecule has 0 aliphatic carbocycles. The number of nitrogen functional groups attached to an aromatic ring is 1. The molecular formula is C18H21N5O2. The van der Waals surface area contributed by atoms with Gasteiger partial charge in [0.2, 0.25) is 0 Å². The second kappa shape index (κ2) is 7.76. The van der Waals surface area contributed by atoms with Crippen LogP contribution in [0, 0.1) is 5.41 Å². The zero-order chi connectivity index (χ0) is 17.6. The van der Waals surface area contributed by atoms with Gasteiger partial charge in [-0.25, -0.2) is 9.78 Å². The average molecular weight is 339 g/mol. The van der Waals surface area contributed by atoms with Crippen LogP contribution in [0.2, 0.25) is 0 Å². The maximum absolute atomic E-state index is 12.4. The average Bonchev–Trinajstić information content (AvgIpc) is 2.62. The lowest BCUT2D eigenvalue weighted by atomic mass is 10.1. The quantitative estimate of drug-likeness (QED) is 0.629. The van der Waals surface area contributed by atoms with Crippen LogP contribution in [0.3, 0.4) is 0 Å². The minimum absolute atomic E-state index is 0.254. The molecule has 2 amide bonds.